The fraction of sp³-hybridized carbons (Fsp3) is 0.524. The zero-order valence-corrected chi connectivity index (χ0v) is 16.3. The van der Waals surface area contributed by atoms with Gasteiger partial charge in [0.15, 0.2) is 0 Å². The summed E-state index contributed by atoms with van der Waals surface area (Å²) in [7, 11) is 0. The minimum atomic E-state index is -1.04. The largest absolute Gasteiger partial charge is 0.490 e. The predicted octanol–water partition coefficient (Wildman–Crippen LogP) is 3.10. The van der Waals surface area contributed by atoms with Gasteiger partial charge in [-0.2, -0.15) is 0 Å². The molecule has 1 N–H and O–H groups in total. The molecular weight excluding hydrogens is 380 g/mol. The van der Waals surface area contributed by atoms with Gasteiger partial charge in [0.1, 0.15) is 25.1 Å². The first-order chi connectivity index (χ1) is 14.0. The van der Waals surface area contributed by atoms with Crippen molar-refractivity contribution in [1.82, 2.24) is 0 Å². The predicted molar refractivity (Wildman–Crippen MR) is 102 cm³/mol. The molecule has 1 saturated heterocycles. The van der Waals surface area contributed by atoms with Gasteiger partial charge in [-0.25, -0.2) is 9.78 Å². The molecule has 1 aliphatic heterocycles. The second kappa shape index (κ2) is 9.87. The normalized spacial score (nSPS) is 20.3. The number of ether oxygens (including phenoxy) is 3. The van der Waals surface area contributed by atoms with Gasteiger partial charge in [0.2, 0.25) is 5.79 Å². The molecule has 1 aromatic carbocycles. The second-order valence-corrected chi connectivity index (χ2v) is 7.11. The summed E-state index contributed by atoms with van der Waals surface area (Å²) in [5.41, 5.74) is 1.56. The van der Waals surface area contributed by atoms with Crippen LogP contribution in [0.4, 0.5) is 0 Å². The van der Waals surface area contributed by atoms with E-state index in [1.54, 1.807) is 6.07 Å². The summed E-state index contributed by atoms with van der Waals surface area (Å²) in [6.45, 7) is 4.68. The average Bonchev–Trinajstić information content (AvgIpc) is 3.18. The summed E-state index contributed by atoms with van der Waals surface area (Å²) in [4.78, 5) is 32.9. The van der Waals surface area contributed by atoms with Gasteiger partial charge >= 0.3 is 11.9 Å². The van der Waals surface area contributed by atoms with E-state index in [2.05, 4.69) is 6.58 Å². The minimum absolute atomic E-state index is 0.0408. The average molecular weight is 406 g/mol. The molecule has 3 rings (SSSR count). The molecule has 8 nitrogen and oxygen atoms in total. The van der Waals surface area contributed by atoms with Gasteiger partial charge in [-0.05, 0) is 36.1 Å². The quantitative estimate of drug-likeness (QED) is 0.379. The Morgan fingerprint density at radius 3 is 2.69 bits per heavy atom. The van der Waals surface area contributed by atoms with Gasteiger partial charge in [-0.15, -0.1) is 0 Å². The monoisotopic (exact) mass is 406 g/mol. The summed E-state index contributed by atoms with van der Waals surface area (Å²) < 4.78 is 16.5. The van der Waals surface area contributed by atoms with Crippen LogP contribution in [0.1, 0.15) is 44.1 Å². The van der Waals surface area contributed by atoms with Crippen molar-refractivity contribution in [3.8, 4) is 5.75 Å². The summed E-state index contributed by atoms with van der Waals surface area (Å²) in [6, 6.07) is 7.32. The van der Waals surface area contributed by atoms with E-state index in [1.807, 2.05) is 18.2 Å². The topological polar surface area (TPSA) is 101 Å². The molecular formula is C21H26O8. The highest BCUT2D eigenvalue weighted by Gasteiger charge is 2.42. The lowest BCUT2D eigenvalue weighted by Gasteiger charge is -2.36. The van der Waals surface area contributed by atoms with Crippen LogP contribution in [-0.2, 0) is 28.8 Å². The van der Waals surface area contributed by atoms with Crippen molar-refractivity contribution < 1.29 is 38.7 Å². The fourth-order valence-electron chi connectivity index (χ4n) is 3.29. The maximum absolute atomic E-state index is 11.4. The van der Waals surface area contributed by atoms with Gasteiger partial charge in [0.05, 0.1) is 19.4 Å². The lowest BCUT2D eigenvalue weighted by Crippen LogP contribution is -2.43. The Kier molecular flexibility index (Phi) is 7.24. The lowest BCUT2D eigenvalue weighted by atomic mass is 10.0. The molecule has 0 aromatic heterocycles. The van der Waals surface area contributed by atoms with Crippen LogP contribution in [0.2, 0.25) is 0 Å². The molecule has 1 aliphatic carbocycles. The van der Waals surface area contributed by atoms with Crippen LogP contribution in [-0.4, -0.2) is 48.8 Å². The van der Waals surface area contributed by atoms with E-state index >= 15 is 0 Å². The first-order valence-electron chi connectivity index (χ1n) is 9.75. The number of carbonyl (C=O) groups is 2. The molecule has 1 saturated carbocycles. The Morgan fingerprint density at radius 2 is 2.00 bits per heavy atom. The summed E-state index contributed by atoms with van der Waals surface area (Å²) in [5.74, 6) is -1.60. The third-order valence-electron chi connectivity index (χ3n) is 4.93. The Bertz CT molecular complexity index is 728. The molecule has 8 heteroatoms. The van der Waals surface area contributed by atoms with Crippen LogP contribution in [0.25, 0.3) is 5.57 Å². The Labute approximate surface area is 169 Å². The van der Waals surface area contributed by atoms with Crippen molar-refractivity contribution in [2.45, 2.75) is 50.4 Å². The number of carboxylic acid groups (broad SMARTS) is 1. The smallest absolute Gasteiger partial charge is 0.306 e. The number of carboxylic acids is 1. The first-order valence-corrected chi connectivity index (χ1v) is 9.75. The Hall–Kier alpha value is -2.42. The molecule has 2 aliphatic rings. The van der Waals surface area contributed by atoms with Crippen molar-refractivity contribution in [1.29, 1.82) is 0 Å². The number of carbonyl (C=O) groups excluding carboxylic acids is 1. The zero-order valence-electron chi connectivity index (χ0n) is 16.3. The van der Waals surface area contributed by atoms with E-state index in [4.69, 9.17) is 29.1 Å². The van der Waals surface area contributed by atoms with E-state index < -0.39 is 23.8 Å². The van der Waals surface area contributed by atoms with Crippen molar-refractivity contribution in [3.05, 3.63) is 36.4 Å². The number of hydrogen-bond acceptors (Lipinski definition) is 7. The van der Waals surface area contributed by atoms with Crippen LogP contribution in [0.3, 0.4) is 0 Å². The second-order valence-electron chi connectivity index (χ2n) is 7.11. The summed E-state index contributed by atoms with van der Waals surface area (Å²) in [5, 5.41) is 8.54. The SMILES string of the molecule is C=C(c1cccc(OCCOC(=O)CCC(=O)O)c1)C1COC2(CCCC2)OO1. The summed E-state index contributed by atoms with van der Waals surface area (Å²) >= 11 is 0. The third kappa shape index (κ3) is 6.03. The number of benzene rings is 1. The van der Waals surface area contributed by atoms with Crippen molar-refractivity contribution in [3.63, 3.8) is 0 Å². The van der Waals surface area contributed by atoms with Gasteiger partial charge in [-0.1, -0.05) is 18.7 Å². The minimum Gasteiger partial charge on any atom is -0.490 e. The Morgan fingerprint density at radius 1 is 1.21 bits per heavy atom. The third-order valence-corrected chi connectivity index (χ3v) is 4.93. The standard InChI is InChI=1S/C21H26O8/c1-15(18-14-27-21(29-28-18)9-2-3-10-21)16-5-4-6-17(13-16)25-11-12-26-20(24)8-7-19(22)23/h4-6,13,18H,1-3,7-12,14H2,(H,22,23). The first kappa shape index (κ1) is 21.3. The van der Waals surface area contributed by atoms with Crippen LogP contribution in [0, 0.1) is 0 Å². The highest BCUT2D eigenvalue weighted by molar-refractivity contribution is 5.76. The van der Waals surface area contributed by atoms with E-state index in [1.165, 1.54) is 0 Å². The van der Waals surface area contributed by atoms with E-state index in [9.17, 15) is 9.59 Å². The van der Waals surface area contributed by atoms with Gasteiger partial charge in [-0.3, -0.25) is 9.59 Å². The van der Waals surface area contributed by atoms with Gasteiger partial charge in [0.25, 0.3) is 0 Å². The highest BCUT2D eigenvalue weighted by atomic mass is 17.2. The van der Waals surface area contributed by atoms with Crippen molar-refractivity contribution in [2.75, 3.05) is 19.8 Å². The molecule has 1 atom stereocenters. The van der Waals surface area contributed by atoms with E-state index in [0.29, 0.717) is 12.4 Å². The number of aliphatic carboxylic acids is 1. The van der Waals surface area contributed by atoms with Crippen LogP contribution in [0.5, 0.6) is 5.75 Å². The number of esters is 1. The molecule has 1 aromatic rings. The molecule has 0 amide bonds. The maximum atomic E-state index is 11.4. The molecule has 0 radical (unpaired) electrons. The van der Waals surface area contributed by atoms with Crippen molar-refractivity contribution in [2.24, 2.45) is 0 Å². The lowest BCUT2D eigenvalue weighted by molar-refractivity contribution is -0.475. The van der Waals surface area contributed by atoms with Crippen LogP contribution >= 0.6 is 0 Å². The summed E-state index contributed by atoms with van der Waals surface area (Å²) in [6.07, 6.45) is 3.03. The molecule has 0 bridgehead atoms. The number of rotatable bonds is 9. The molecule has 29 heavy (non-hydrogen) atoms. The van der Waals surface area contributed by atoms with Gasteiger partial charge in [0, 0.05) is 12.8 Å². The van der Waals surface area contributed by atoms with Gasteiger partial charge < -0.3 is 19.3 Å². The Balaban J connectivity index is 1.43. The molecule has 2 fully saturated rings. The molecule has 1 spiro atoms. The maximum Gasteiger partial charge on any atom is 0.306 e. The molecule has 1 heterocycles. The van der Waals surface area contributed by atoms with E-state index in [0.717, 1.165) is 36.8 Å². The van der Waals surface area contributed by atoms with Crippen LogP contribution in [0.15, 0.2) is 30.8 Å². The van der Waals surface area contributed by atoms with Crippen molar-refractivity contribution >= 4 is 17.5 Å². The molecule has 158 valence electrons. The molecule has 1 unspecified atom stereocenters. The van der Waals surface area contributed by atoms with E-state index in [-0.39, 0.29) is 26.1 Å². The zero-order chi connectivity index (χ0) is 20.7. The highest BCUT2D eigenvalue weighted by Crippen LogP contribution is 2.39. The number of hydrogen-bond donors (Lipinski definition) is 1. The van der Waals surface area contributed by atoms with Crippen LogP contribution < -0.4 is 4.74 Å². The fourth-order valence-corrected chi connectivity index (χ4v) is 3.29.